The van der Waals surface area contributed by atoms with Crippen LogP contribution < -0.4 is 5.43 Å². The van der Waals surface area contributed by atoms with Gasteiger partial charge in [0.25, 0.3) is 0 Å². The van der Waals surface area contributed by atoms with Crippen LogP contribution in [0, 0.1) is 0 Å². The maximum absolute atomic E-state index is 3.67. The second-order valence-electron chi connectivity index (χ2n) is 1.02. The lowest BCUT2D eigenvalue weighted by Crippen LogP contribution is -2.07. The number of nitrogens with zero attached hydrogens (tertiary/aromatic N) is 4. The van der Waals surface area contributed by atoms with Gasteiger partial charge in [-0.2, -0.15) is 5.43 Å². The predicted molar refractivity (Wildman–Crippen MR) is 23.5 cm³/mol. The van der Waals surface area contributed by atoms with E-state index in [1.54, 1.807) is 19.4 Å². The Morgan fingerprint density at radius 3 is 2.86 bits per heavy atom. The lowest BCUT2D eigenvalue weighted by molar-refractivity contribution is 0.549. The van der Waals surface area contributed by atoms with Gasteiger partial charge < -0.3 is 0 Å². The Hall–Kier alpha value is -1.06. The fraction of sp³-hybridized carbons (Fsp3) is 0.333. The second-order valence-corrected chi connectivity index (χ2v) is 1.02. The topological polar surface area (TPSA) is 44.8 Å². The van der Waals surface area contributed by atoms with Crippen LogP contribution in [0.3, 0.4) is 0 Å². The highest BCUT2D eigenvalue weighted by Gasteiger charge is 1.79. The van der Waals surface area contributed by atoms with Gasteiger partial charge in [-0.25, -0.2) is 0 Å². The molecule has 0 amide bonds. The van der Waals surface area contributed by atoms with Crippen LogP contribution in [0.5, 0.6) is 0 Å². The zero-order valence-electron chi connectivity index (χ0n) is 3.94. The zero-order chi connectivity index (χ0) is 5.11. The third kappa shape index (κ3) is 0.677. The summed E-state index contributed by atoms with van der Waals surface area (Å²) in [5, 5.41) is 7.05. The van der Waals surface area contributed by atoms with E-state index in [0.29, 0.717) is 0 Å². The van der Waals surface area contributed by atoms with Gasteiger partial charge >= 0.3 is 0 Å². The van der Waals surface area contributed by atoms with Crippen molar-refractivity contribution in [3.63, 3.8) is 0 Å². The van der Waals surface area contributed by atoms with Gasteiger partial charge in [-0.15, -0.1) is 9.89 Å². The Morgan fingerprint density at radius 1 is 1.71 bits per heavy atom. The van der Waals surface area contributed by atoms with E-state index in [4.69, 9.17) is 0 Å². The lowest BCUT2D eigenvalue weighted by atomic mass is 11.0. The zero-order valence-corrected chi connectivity index (χ0v) is 3.94. The largest absolute Gasteiger partial charge is 0.191 e. The first kappa shape index (κ1) is 4.11. The fourth-order valence-electron chi connectivity index (χ4n) is 0.309. The van der Waals surface area contributed by atoms with Gasteiger partial charge in [0.05, 0.1) is 12.4 Å². The Morgan fingerprint density at radius 2 is 2.57 bits per heavy atom. The average Bonchev–Trinajstić information content (AvgIpc) is 2.14. The SMILES string of the molecule is C[N]n1ccnn1. The molecule has 0 spiro atoms. The molecule has 1 radical (unpaired) electrons. The van der Waals surface area contributed by atoms with Gasteiger partial charge in [-0.3, -0.25) is 0 Å². The van der Waals surface area contributed by atoms with E-state index in [1.165, 1.54) is 4.79 Å². The molecule has 0 unspecified atom stereocenters. The standard InChI is InChI=1S/C3H5N4/c1-4-7-3-2-5-6-7/h2-3H,1H3. The van der Waals surface area contributed by atoms with E-state index in [2.05, 4.69) is 15.7 Å². The summed E-state index contributed by atoms with van der Waals surface area (Å²) in [6.07, 6.45) is 3.24. The molecule has 4 heteroatoms. The molecule has 1 aromatic heterocycles. The van der Waals surface area contributed by atoms with Crippen molar-refractivity contribution in [1.82, 2.24) is 20.5 Å². The van der Waals surface area contributed by atoms with Crippen molar-refractivity contribution >= 4 is 0 Å². The molecule has 0 aliphatic rings. The summed E-state index contributed by atoms with van der Waals surface area (Å²) in [6, 6.07) is 0. The second kappa shape index (κ2) is 1.59. The summed E-state index contributed by atoms with van der Waals surface area (Å²) in [5.74, 6) is 0. The van der Waals surface area contributed by atoms with E-state index >= 15 is 0 Å². The van der Waals surface area contributed by atoms with E-state index in [0.717, 1.165) is 0 Å². The smallest absolute Gasteiger partial charge is 0.0716 e. The van der Waals surface area contributed by atoms with E-state index in [9.17, 15) is 0 Å². The molecule has 0 saturated heterocycles. The van der Waals surface area contributed by atoms with Gasteiger partial charge in [-0.1, -0.05) is 0 Å². The van der Waals surface area contributed by atoms with Crippen molar-refractivity contribution < 1.29 is 0 Å². The van der Waals surface area contributed by atoms with Crippen LogP contribution in [-0.4, -0.2) is 22.2 Å². The molecule has 1 heterocycles. The summed E-state index contributed by atoms with van der Waals surface area (Å²) < 4.78 is 0. The van der Waals surface area contributed by atoms with Crippen molar-refractivity contribution in [1.29, 1.82) is 0 Å². The van der Waals surface area contributed by atoms with Crippen LogP contribution in [0.25, 0.3) is 0 Å². The van der Waals surface area contributed by atoms with E-state index < -0.39 is 0 Å². The molecule has 0 fully saturated rings. The van der Waals surface area contributed by atoms with Crippen LogP contribution in [0.15, 0.2) is 12.4 Å². The van der Waals surface area contributed by atoms with E-state index in [-0.39, 0.29) is 0 Å². The van der Waals surface area contributed by atoms with Crippen molar-refractivity contribution in [3.8, 4) is 0 Å². The van der Waals surface area contributed by atoms with Crippen molar-refractivity contribution in [2.75, 3.05) is 7.05 Å². The van der Waals surface area contributed by atoms with Crippen LogP contribution >= 0.6 is 0 Å². The molecular formula is C3H5N4. The summed E-state index contributed by atoms with van der Waals surface area (Å²) in [7, 11) is 1.65. The highest BCUT2D eigenvalue weighted by molar-refractivity contribution is 4.60. The predicted octanol–water partition coefficient (Wildman–Crippen LogP) is -0.725. The molecule has 1 aromatic rings. The number of rotatable bonds is 1. The van der Waals surface area contributed by atoms with Gasteiger partial charge in [0.15, 0.2) is 0 Å². The molecule has 37 valence electrons. The molecule has 0 aliphatic carbocycles. The van der Waals surface area contributed by atoms with Gasteiger partial charge in [-0.05, 0) is 5.21 Å². The van der Waals surface area contributed by atoms with Crippen LogP contribution in [0.4, 0.5) is 0 Å². The van der Waals surface area contributed by atoms with Gasteiger partial charge in [0.2, 0.25) is 0 Å². The minimum atomic E-state index is 1.39. The minimum absolute atomic E-state index is 1.39. The monoisotopic (exact) mass is 97.1 g/mol. The molecule has 0 aliphatic heterocycles. The lowest BCUT2D eigenvalue weighted by Gasteiger charge is -1.85. The first-order valence-corrected chi connectivity index (χ1v) is 1.90. The molecule has 0 saturated carbocycles. The van der Waals surface area contributed by atoms with Crippen molar-refractivity contribution in [3.05, 3.63) is 12.4 Å². The van der Waals surface area contributed by atoms with Crippen LogP contribution in [0.1, 0.15) is 0 Å². The molecule has 4 nitrogen and oxygen atoms in total. The maximum atomic E-state index is 3.67. The fourth-order valence-corrected chi connectivity index (χ4v) is 0.309. The van der Waals surface area contributed by atoms with Crippen LogP contribution in [-0.2, 0) is 0 Å². The molecule has 7 heavy (non-hydrogen) atoms. The molecule has 0 atom stereocenters. The summed E-state index contributed by atoms with van der Waals surface area (Å²) in [6.45, 7) is 0. The highest BCUT2D eigenvalue weighted by Crippen LogP contribution is 1.68. The molecule has 1 rings (SSSR count). The minimum Gasteiger partial charge on any atom is -0.191 e. The molecule has 0 bridgehead atoms. The molecule has 0 N–H and O–H groups in total. The highest BCUT2D eigenvalue weighted by atomic mass is 15.6. The van der Waals surface area contributed by atoms with Crippen molar-refractivity contribution in [2.24, 2.45) is 0 Å². The van der Waals surface area contributed by atoms with Crippen molar-refractivity contribution in [2.45, 2.75) is 0 Å². The third-order valence-electron chi connectivity index (χ3n) is 0.615. The van der Waals surface area contributed by atoms with Crippen LogP contribution in [0.2, 0.25) is 0 Å². The first-order valence-electron chi connectivity index (χ1n) is 1.90. The average molecular weight is 97.1 g/mol. The summed E-state index contributed by atoms with van der Waals surface area (Å²) in [4.78, 5) is 1.39. The third-order valence-corrected chi connectivity index (χ3v) is 0.615. The van der Waals surface area contributed by atoms with Gasteiger partial charge in [0.1, 0.15) is 0 Å². The summed E-state index contributed by atoms with van der Waals surface area (Å²) in [5.41, 5.74) is 3.67. The summed E-state index contributed by atoms with van der Waals surface area (Å²) >= 11 is 0. The Balaban J connectivity index is 2.76. The quantitative estimate of drug-likeness (QED) is 0.464. The normalized spacial score (nSPS) is 8.71. The Labute approximate surface area is 41.1 Å². The Bertz CT molecular complexity index is 121. The Kier molecular flexibility index (Phi) is 0.934. The molecular weight excluding hydrogens is 92.1 g/mol. The number of hydrogen-bond acceptors (Lipinski definition) is 2. The molecule has 0 aromatic carbocycles. The number of aromatic nitrogens is 3. The first-order chi connectivity index (χ1) is 3.43. The van der Waals surface area contributed by atoms with E-state index in [1.807, 2.05) is 0 Å². The number of hydrogen-bond donors (Lipinski definition) is 0. The van der Waals surface area contributed by atoms with Gasteiger partial charge in [0, 0.05) is 7.05 Å². The maximum Gasteiger partial charge on any atom is 0.0716 e.